The van der Waals surface area contributed by atoms with Crippen molar-refractivity contribution >= 4 is 5.91 Å². The zero-order chi connectivity index (χ0) is 10.3. The summed E-state index contributed by atoms with van der Waals surface area (Å²) in [6, 6.07) is 3.82. The molecule has 1 amide bonds. The van der Waals surface area contributed by atoms with Gasteiger partial charge in [-0.25, -0.2) is 0 Å². The molecule has 1 aromatic heterocycles. The average Bonchev–Trinajstić information content (AvgIpc) is 2.65. The molecule has 0 aliphatic heterocycles. The maximum atomic E-state index is 11.7. The molecule has 1 aliphatic rings. The molecule has 1 aromatic rings. The summed E-state index contributed by atoms with van der Waals surface area (Å²) in [5.74, 6) is 1.23. The molecule has 0 saturated heterocycles. The monoisotopic (exact) mass is 193 g/mol. The van der Waals surface area contributed by atoms with Gasteiger partial charge >= 0.3 is 0 Å². The second-order valence-corrected chi connectivity index (χ2v) is 4.38. The summed E-state index contributed by atoms with van der Waals surface area (Å²) in [5, 5.41) is 0. The number of carbonyl (C=O) groups is 1. The zero-order valence-corrected chi connectivity index (χ0v) is 8.78. The highest BCUT2D eigenvalue weighted by molar-refractivity contribution is 5.83. The molecule has 0 aromatic carbocycles. The summed E-state index contributed by atoms with van der Waals surface area (Å²) >= 11 is 0. The van der Waals surface area contributed by atoms with Crippen LogP contribution in [0.5, 0.6) is 0 Å². The first-order valence-corrected chi connectivity index (χ1v) is 4.81. The zero-order valence-electron chi connectivity index (χ0n) is 8.78. The van der Waals surface area contributed by atoms with Gasteiger partial charge in [-0.3, -0.25) is 4.79 Å². The van der Waals surface area contributed by atoms with Crippen LogP contribution >= 0.6 is 0 Å². The Morgan fingerprint density at radius 1 is 1.64 bits per heavy atom. The van der Waals surface area contributed by atoms with Crippen molar-refractivity contribution in [3.8, 4) is 0 Å². The van der Waals surface area contributed by atoms with Crippen LogP contribution in [0.25, 0.3) is 0 Å². The molecule has 1 heterocycles. The maximum Gasteiger partial charge on any atom is 0.226 e. The SMILES string of the molecule is CN(C)C(=O)[C@H]1C[C@]1(C)c1ccco1. The molecule has 76 valence electrons. The Bertz CT molecular complexity index is 342. The summed E-state index contributed by atoms with van der Waals surface area (Å²) in [7, 11) is 3.59. The highest BCUT2D eigenvalue weighted by Gasteiger charge is 2.57. The summed E-state index contributed by atoms with van der Waals surface area (Å²) in [5.41, 5.74) is -0.0646. The van der Waals surface area contributed by atoms with Crippen LogP contribution in [-0.4, -0.2) is 24.9 Å². The van der Waals surface area contributed by atoms with E-state index in [-0.39, 0.29) is 17.2 Å². The smallest absolute Gasteiger partial charge is 0.226 e. The van der Waals surface area contributed by atoms with Crippen LogP contribution in [0, 0.1) is 5.92 Å². The first-order chi connectivity index (χ1) is 6.55. The molecule has 14 heavy (non-hydrogen) atoms. The average molecular weight is 193 g/mol. The molecule has 3 heteroatoms. The van der Waals surface area contributed by atoms with E-state index >= 15 is 0 Å². The van der Waals surface area contributed by atoms with Crippen LogP contribution in [0.15, 0.2) is 22.8 Å². The first kappa shape index (κ1) is 9.31. The van der Waals surface area contributed by atoms with E-state index < -0.39 is 0 Å². The molecule has 1 aliphatic carbocycles. The Hall–Kier alpha value is -1.25. The van der Waals surface area contributed by atoms with Gasteiger partial charge in [-0.15, -0.1) is 0 Å². The van der Waals surface area contributed by atoms with Gasteiger partial charge in [0.05, 0.1) is 12.2 Å². The van der Waals surface area contributed by atoms with E-state index in [1.807, 2.05) is 12.1 Å². The molecule has 0 radical (unpaired) electrons. The molecule has 1 saturated carbocycles. The lowest BCUT2D eigenvalue weighted by Crippen LogP contribution is -2.26. The Labute approximate surface area is 83.7 Å². The van der Waals surface area contributed by atoms with Gasteiger partial charge in [0.2, 0.25) is 5.91 Å². The summed E-state index contributed by atoms with van der Waals surface area (Å²) in [4.78, 5) is 13.4. The third-order valence-electron chi connectivity index (χ3n) is 3.06. The van der Waals surface area contributed by atoms with Gasteiger partial charge in [0.25, 0.3) is 0 Å². The number of carbonyl (C=O) groups excluding carboxylic acids is 1. The standard InChI is InChI=1S/C11H15NO2/c1-11(9-5-4-6-14-9)7-8(11)10(13)12(2)3/h4-6,8H,7H2,1-3H3/t8-,11+/m1/s1. The Morgan fingerprint density at radius 3 is 2.86 bits per heavy atom. The van der Waals surface area contributed by atoms with Crippen molar-refractivity contribution in [2.45, 2.75) is 18.8 Å². The van der Waals surface area contributed by atoms with E-state index in [1.54, 1.807) is 25.3 Å². The van der Waals surface area contributed by atoms with E-state index in [4.69, 9.17) is 4.42 Å². The van der Waals surface area contributed by atoms with Crippen molar-refractivity contribution in [1.82, 2.24) is 4.90 Å². The number of rotatable bonds is 2. The van der Waals surface area contributed by atoms with Crippen LogP contribution < -0.4 is 0 Å². The van der Waals surface area contributed by atoms with E-state index in [0.717, 1.165) is 12.2 Å². The van der Waals surface area contributed by atoms with Gasteiger partial charge in [-0.1, -0.05) is 6.92 Å². The fraction of sp³-hybridized carbons (Fsp3) is 0.545. The van der Waals surface area contributed by atoms with Crippen LogP contribution in [0.1, 0.15) is 19.1 Å². The van der Waals surface area contributed by atoms with E-state index in [9.17, 15) is 4.79 Å². The molecular formula is C11H15NO2. The van der Waals surface area contributed by atoms with Crippen LogP contribution in [0.4, 0.5) is 0 Å². The van der Waals surface area contributed by atoms with Crippen molar-refractivity contribution in [1.29, 1.82) is 0 Å². The Morgan fingerprint density at radius 2 is 2.36 bits per heavy atom. The van der Waals surface area contributed by atoms with Gasteiger partial charge in [0.15, 0.2) is 0 Å². The minimum atomic E-state index is -0.0646. The number of hydrogen-bond acceptors (Lipinski definition) is 2. The number of nitrogens with zero attached hydrogens (tertiary/aromatic N) is 1. The summed E-state index contributed by atoms with van der Waals surface area (Å²) < 4.78 is 5.35. The summed E-state index contributed by atoms with van der Waals surface area (Å²) in [6.07, 6.45) is 2.56. The molecule has 0 bridgehead atoms. The normalized spacial score (nSPS) is 30.1. The minimum Gasteiger partial charge on any atom is -0.469 e. The van der Waals surface area contributed by atoms with Crippen molar-refractivity contribution < 1.29 is 9.21 Å². The fourth-order valence-corrected chi connectivity index (χ4v) is 1.91. The van der Waals surface area contributed by atoms with Crippen molar-refractivity contribution in [3.05, 3.63) is 24.2 Å². The predicted octanol–water partition coefficient (Wildman–Crippen LogP) is 1.65. The van der Waals surface area contributed by atoms with Crippen molar-refractivity contribution in [2.75, 3.05) is 14.1 Å². The Kier molecular flexibility index (Phi) is 1.91. The highest BCUT2D eigenvalue weighted by Crippen LogP contribution is 2.54. The van der Waals surface area contributed by atoms with Gasteiger partial charge in [-0.2, -0.15) is 0 Å². The van der Waals surface area contributed by atoms with Crippen LogP contribution in [0.2, 0.25) is 0 Å². The molecule has 1 fully saturated rings. The fourth-order valence-electron chi connectivity index (χ4n) is 1.91. The second-order valence-electron chi connectivity index (χ2n) is 4.38. The Balaban J connectivity index is 2.14. The maximum absolute atomic E-state index is 11.7. The van der Waals surface area contributed by atoms with E-state index in [0.29, 0.717) is 0 Å². The quantitative estimate of drug-likeness (QED) is 0.715. The molecular weight excluding hydrogens is 178 g/mol. The molecule has 2 atom stereocenters. The number of furan rings is 1. The van der Waals surface area contributed by atoms with E-state index in [1.165, 1.54) is 0 Å². The van der Waals surface area contributed by atoms with Gasteiger partial charge in [0.1, 0.15) is 5.76 Å². The van der Waals surface area contributed by atoms with E-state index in [2.05, 4.69) is 6.92 Å². The lowest BCUT2D eigenvalue weighted by Gasteiger charge is -2.12. The first-order valence-electron chi connectivity index (χ1n) is 4.81. The predicted molar refractivity (Wildman–Crippen MR) is 52.9 cm³/mol. The molecule has 3 nitrogen and oxygen atoms in total. The lowest BCUT2D eigenvalue weighted by molar-refractivity contribution is -0.130. The second kappa shape index (κ2) is 2.87. The van der Waals surface area contributed by atoms with Crippen molar-refractivity contribution in [2.24, 2.45) is 5.92 Å². The van der Waals surface area contributed by atoms with Crippen LogP contribution in [0.3, 0.4) is 0 Å². The molecule has 2 rings (SSSR count). The van der Waals surface area contributed by atoms with Gasteiger partial charge in [-0.05, 0) is 18.6 Å². The van der Waals surface area contributed by atoms with Gasteiger partial charge in [0, 0.05) is 19.5 Å². The minimum absolute atomic E-state index is 0.0646. The number of amides is 1. The number of hydrogen-bond donors (Lipinski definition) is 0. The molecule has 0 N–H and O–H groups in total. The van der Waals surface area contributed by atoms with Crippen LogP contribution in [-0.2, 0) is 10.2 Å². The summed E-state index contributed by atoms with van der Waals surface area (Å²) in [6.45, 7) is 2.08. The molecule has 0 spiro atoms. The topological polar surface area (TPSA) is 33.5 Å². The lowest BCUT2D eigenvalue weighted by atomic mass is 10.0. The molecule has 0 unspecified atom stereocenters. The highest BCUT2D eigenvalue weighted by atomic mass is 16.3. The van der Waals surface area contributed by atoms with Gasteiger partial charge < -0.3 is 9.32 Å². The van der Waals surface area contributed by atoms with Crippen molar-refractivity contribution in [3.63, 3.8) is 0 Å². The third kappa shape index (κ3) is 1.24. The largest absolute Gasteiger partial charge is 0.469 e. The third-order valence-corrected chi connectivity index (χ3v) is 3.06.